The summed E-state index contributed by atoms with van der Waals surface area (Å²) >= 11 is 0. The summed E-state index contributed by atoms with van der Waals surface area (Å²) < 4.78 is 13.1. The van der Waals surface area contributed by atoms with Crippen molar-refractivity contribution < 1.29 is 9.47 Å². The lowest BCUT2D eigenvalue weighted by Crippen LogP contribution is -2.26. The number of nitrogen functional groups attached to an aromatic ring is 1. The highest BCUT2D eigenvalue weighted by Crippen LogP contribution is 2.30. The molecule has 0 spiro atoms. The number of aromatic nitrogens is 2. The van der Waals surface area contributed by atoms with Crippen LogP contribution in [0, 0.1) is 0 Å². The minimum atomic E-state index is 0.190. The predicted octanol–water partition coefficient (Wildman–Crippen LogP) is 2.07. The molecule has 1 saturated heterocycles. The molecular weight excluding hydrogens is 230 g/mol. The number of hydrogen-bond acceptors (Lipinski definition) is 4. The average Bonchev–Trinajstić information content (AvgIpc) is 2.64. The quantitative estimate of drug-likeness (QED) is 0.892. The van der Waals surface area contributed by atoms with E-state index in [-0.39, 0.29) is 6.10 Å². The normalized spacial score (nSPS) is 20.3. The molecule has 1 aliphatic heterocycles. The van der Waals surface area contributed by atoms with Gasteiger partial charge in [-0.2, -0.15) is 5.10 Å². The van der Waals surface area contributed by atoms with E-state index < -0.39 is 0 Å². The molecule has 1 aliphatic rings. The first-order valence-corrected chi connectivity index (χ1v) is 6.66. The lowest BCUT2D eigenvalue weighted by atomic mass is 10.1. The van der Waals surface area contributed by atoms with E-state index in [9.17, 15) is 0 Å². The highest BCUT2D eigenvalue weighted by atomic mass is 16.5. The summed E-state index contributed by atoms with van der Waals surface area (Å²) in [7, 11) is 1.86. The van der Waals surface area contributed by atoms with Gasteiger partial charge in [0.05, 0.1) is 11.8 Å². The molecule has 1 fully saturated rings. The molecule has 0 saturated carbocycles. The van der Waals surface area contributed by atoms with Crippen LogP contribution in [0.2, 0.25) is 0 Å². The maximum absolute atomic E-state index is 6.07. The fourth-order valence-electron chi connectivity index (χ4n) is 2.25. The molecule has 102 valence electrons. The Hall–Kier alpha value is -1.23. The topological polar surface area (TPSA) is 62.3 Å². The molecule has 2 rings (SSSR count). The first kappa shape index (κ1) is 13.2. The zero-order valence-corrected chi connectivity index (χ0v) is 11.5. The van der Waals surface area contributed by atoms with E-state index in [4.69, 9.17) is 15.2 Å². The summed E-state index contributed by atoms with van der Waals surface area (Å²) in [5, 5.41) is 4.40. The molecule has 1 aromatic heterocycles. The Morgan fingerprint density at radius 2 is 2.28 bits per heavy atom. The summed E-state index contributed by atoms with van der Waals surface area (Å²) in [6, 6.07) is 0. The summed E-state index contributed by atoms with van der Waals surface area (Å²) in [4.78, 5) is 0. The second kappa shape index (κ2) is 5.61. The maximum atomic E-state index is 6.07. The molecule has 2 heterocycles. The molecular formula is C13H23N3O2. The zero-order chi connectivity index (χ0) is 13.1. The van der Waals surface area contributed by atoms with Crippen molar-refractivity contribution in [3.8, 4) is 5.88 Å². The van der Waals surface area contributed by atoms with Gasteiger partial charge in [0.25, 0.3) is 0 Å². The molecule has 5 nitrogen and oxygen atoms in total. The Bertz CT molecular complexity index is 395. The smallest absolute Gasteiger partial charge is 0.235 e. The van der Waals surface area contributed by atoms with Crippen LogP contribution in [0.25, 0.3) is 0 Å². The number of anilines is 1. The molecule has 5 heteroatoms. The monoisotopic (exact) mass is 253 g/mol. The summed E-state index contributed by atoms with van der Waals surface area (Å²) in [6.45, 7) is 5.55. The van der Waals surface area contributed by atoms with Crippen molar-refractivity contribution in [2.24, 2.45) is 7.05 Å². The zero-order valence-electron chi connectivity index (χ0n) is 11.5. The summed E-state index contributed by atoms with van der Waals surface area (Å²) in [5.74, 6) is 0.965. The van der Waals surface area contributed by atoms with Crippen LogP contribution in [0.5, 0.6) is 5.88 Å². The van der Waals surface area contributed by atoms with E-state index in [0.29, 0.717) is 24.1 Å². The molecule has 1 atom stereocenters. The highest BCUT2D eigenvalue weighted by molar-refractivity contribution is 5.54. The number of rotatable bonds is 4. The fraction of sp³-hybridized carbons (Fsp3) is 0.769. The third-order valence-corrected chi connectivity index (χ3v) is 3.28. The SMILES string of the molecule is CC(C)c1nn(C)c(OCC2CCCCO2)c1N. The van der Waals surface area contributed by atoms with E-state index in [1.54, 1.807) is 4.68 Å². The van der Waals surface area contributed by atoms with Crippen LogP contribution in [0.3, 0.4) is 0 Å². The van der Waals surface area contributed by atoms with E-state index in [0.717, 1.165) is 25.1 Å². The number of nitrogens with zero attached hydrogens (tertiary/aromatic N) is 2. The van der Waals surface area contributed by atoms with Crippen molar-refractivity contribution in [2.45, 2.75) is 45.1 Å². The van der Waals surface area contributed by atoms with Crippen molar-refractivity contribution in [3.63, 3.8) is 0 Å². The predicted molar refractivity (Wildman–Crippen MR) is 70.8 cm³/mol. The minimum absolute atomic E-state index is 0.190. The molecule has 2 N–H and O–H groups in total. The molecule has 1 aromatic rings. The molecule has 0 amide bonds. The summed E-state index contributed by atoms with van der Waals surface area (Å²) in [5.41, 5.74) is 7.63. The van der Waals surface area contributed by atoms with Gasteiger partial charge >= 0.3 is 0 Å². The molecule has 0 aliphatic carbocycles. The van der Waals surface area contributed by atoms with Crippen LogP contribution in [0.15, 0.2) is 0 Å². The van der Waals surface area contributed by atoms with E-state index in [1.807, 2.05) is 7.05 Å². The standard InChI is InChI=1S/C13H23N3O2/c1-9(2)12-11(14)13(16(3)15-12)18-8-10-6-4-5-7-17-10/h9-10H,4-8,14H2,1-3H3. The van der Waals surface area contributed by atoms with Gasteiger partial charge in [0.2, 0.25) is 5.88 Å². The van der Waals surface area contributed by atoms with Gasteiger partial charge < -0.3 is 15.2 Å². The van der Waals surface area contributed by atoms with Gasteiger partial charge in [-0.3, -0.25) is 0 Å². The Labute approximate surface area is 108 Å². The molecule has 18 heavy (non-hydrogen) atoms. The van der Waals surface area contributed by atoms with Gasteiger partial charge in [-0.05, 0) is 25.2 Å². The van der Waals surface area contributed by atoms with E-state index in [2.05, 4.69) is 18.9 Å². The second-order valence-corrected chi connectivity index (χ2v) is 5.18. The van der Waals surface area contributed by atoms with Crippen LogP contribution in [0.1, 0.15) is 44.7 Å². The first-order valence-electron chi connectivity index (χ1n) is 6.66. The first-order chi connectivity index (χ1) is 8.59. The minimum Gasteiger partial charge on any atom is -0.474 e. The highest BCUT2D eigenvalue weighted by Gasteiger charge is 2.20. The number of ether oxygens (including phenoxy) is 2. The summed E-state index contributed by atoms with van der Waals surface area (Å²) in [6.07, 6.45) is 3.62. The van der Waals surface area contributed by atoms with Gasteiger partial charge in [0.15, 0.2) is 0 Å². The van der Waals surface area contributed by atoms with Crippen molar-refractivity contribution in [3.05, 3.63) is 5.69 Å². The lowest BCUT2D eigenvalue weighted by Gasteiger charge is -2.22. The van der Waals surface area contributed by atoms with E-state index in [1.165, 1.54) is 6.42 Å². The van der Waals surface area contributed by atoms with Crippen LogP contribution in [-0.2, 0) is 11.8 Å². The van der Waals surface area contributed by atoms with Gasteiger partial charge in [0.1, 0.15) is 12.3 Å². The molecule has 0 radical (unpaired) electrons. The Morgan fingerprint density at radius 1 is 1.50 bits per heavy atom. The Kier molecular flexibility index (Phi) is 4.11. The van der Waals surface area contributed by atoms with Crippen LogP contribution >= 0.6 is 0 Å². The van der Waals surface area contributed by atoms with Crippen molar-refractivity contribution in [1.29, 1.82) is 0 Å². The Morgan fingerprint density at radius 3 is 2.83 bits per heavy atom. The number of nitrogens with two attached hydrogens (primary N) is 1. The Balaban J connectivity index is 2.00. The second-order valence-electron chi connectivity index (χ2n) is 5.18. The van der Waals surface area contributed by atoms with Crippen LogP contribution in [0.4, 0.5) is 5.69 Å². The van der Waals surface area contributed by atoms with Gasteiger partial charge in [-0.1, -0.05) is 13.8 Å². The third kappa shape index (κ3) is 2.77. The largest absolute Gasteiger partial charge is 0.474 e. The van der Waals surface area contributed by atoms with Crippen molar-refractivity contribution in [2.75, 3.05) is 18.9 Å². The van der Waals surface area contributed by atoms with Crippen LogP contribution < -0.4 is 10.5 Å². The van der Waals surface area contributed by atoms with Crippen molar-refractivity contribution >= 4 is 5.69 Å². The third-order valence-electron chi connectivity index (χ3n) is 3.28. The van der Waals surface area contributed by atoms with Crippen LogP contribution in [-0.4, -0.2) is 29.1 Å². The van der Waals surface area contributed by atoms with E-state index >= 15 is 0 Å². The number of aryl methyl sites for hydroxylation is 1. The van der Waals surface area contributed by atoms with Crippen molar-refractivity contribution in [1.82, 2.24) is 9.78 Å². The molecule has 0 aromatic carbocycles. The molecule has 1 unspecified atom stereocenters. The lowest BCUT2D eigenvalue weighted by molar-refractivity contribution is -0.0125. The van der Waals surface area contributed by atoms with Gasteiger partial charge in [-0.25, -0.2) is 4.68 Å². The number of hydrogen-bond donors (Lipinski definition) is 1. The van der Waals surface area contributed by atoms with Gasteiger partial charge in [-0.15, -0.1) is 0 Å². The molecule has 0 bridgehead atoms. The average molecular weight is 253 g/mol. The van der Waals surface area contributed by atoms with Gasteiger partial charge in [0, 0.05) is 13.7 Å². The fourth-order valence-corrected chi connectivity index (χ4v) is 2.25. The maximum Gasteiger partial charge on any atom is 0.235 e.